The van der Waals surface area contributed by atoms with Gasteiger partial charge in [0.25, 0.3) is 0 Å². The first-order valence-electron chi connectivity index (χ1n) is 10.1. The number of benzene rings is 1. The first-order valence-corrected chi connectivity index (χ1v) is 10.1. The minimum Gasteiger partial charge on any atom is -0.444 e. The van der Waals surface area contributed by atoms with E-state index in [0.717, 1.165) is 16.8 Å². The summed E-state index contributed by atoms with van der Waals surface area (Å²) in [5.74, 6) is -0.474. The zero-order valence-corrected chi connectivity index (χ0v) is 18.4. The zero-order valence-electron chi connectivity index (χ0n) is 18.4. The normalized spacial score (nSPS) is 15.0. The van der Waals surface area contributed by atoms with Crippen LogP contribution in [0.25, 0.3) is 0 Å². The number of amides is 3. The molecular weight excluding hydrogens is 370 g/mol. The second kappa shape index (κ2) is 9.29. The van der Waals surface area contributed by atoms with E-state index < -0.39 is 5.60 Å². The highest BCUT2D eigenvalue weighted by Gasteiger charge is 2.31. The highest BCUT2D eigenvalue weighted by atomic mass is 16.6. The van der Waals surface area contributed by atoms with E-state index in [-0.39, 0.29) is 30.4 Å². The number of likely N-dealkylation sites (tertiary alicyclic amines) is 1. The molecule has 0 bridgehead atoms. The lowest BCUT2D eigenvalue weighted by molar-refractivity contribution is -0.138. The topological polar surface area (TPSA) is 79.0 Å². The highest BCUT2D eigenvalue weighted by molar-refractivity contribution is 5.95. The summed E-state index contributed by atoms with van der Waals surface area (Å²) < 4.78 is 5.39. The maximum absolute atomic E-state index is 12.7. The van der Waals surface area contributed by atoms with Crippen molar-refractivity contribution in [2.45, 2.75) is 53.1 Å². The molecule has 1 aliphatic rings. The van der Waals surface area contributed by atoms with E-state index in [1.165, 1.54) is 4.90 Å². The Labute approximate surface area is 173 Å². The molecule has 1 aliphatic heterocycles. The number of nitrogens with one attached hydrogen (secondary N) is 1. The number of nitrogens with zero attached hydrogens (tertiary/aromatic N) is 2. The maximum atomic E-state index is 12.7. The van der Waals surface area contributed by atoms with Gasteiger partial charge in [0.05, 0.1) is 6.54 Å². The van der Waals surface area contributed by atoms with Gasteiger partial charge in [-0.3, -0.25) is 9.59 Å². The van der Waals surface area contributed by atoms with Crippen molar-refractivity contribution in [3.63, 3.8) is 0 Å². The summed E-state index contributed by atoms with van der Waals surface area (Å²) in [5, 5.41) is 2.88. The van der Waals surface area contributed by atoms with Crippen molar-refractivity contribution >= 4 is 23.6 Å². The summed E-state index contributed by atoms with van der Waals surface area (Å²) in [5.41, 5.74) is 2.35. The minimum absolute atomic E-state index is 0.00149. The van der Waals surface area contributed by atoms with Crippen molar-refractivity contribution in [3.05, 3.63) is 29.3 Å². The van der Waals surface area contributed by atoms with Crippen LogP contribution in [0.4, 0.5) is 10.5 Å². The predicted octanol–water partition coefficient (Wildman–Crippen LogP) is 3.35. The molecule has 0 aliphatic carbocycles. The fourth-order valence-corrected chi connectivity index (χ4v) is 3.32. The molecule has 1 aromatic rings. The van der Waals surface area contributed by atoms with Crippen LogP contribution in [0.3, 0.4) is 0 Å². The summed E-state index contributed by atoms with van der Waals surface area (Å²) in [6.45, 7) is 10.4. The van der Waals surface area contributed by atoms with E-state index in [1.807, 2.05) is 52.8 Å². The third-order valence-electron chi connectivity index (χ3n) is 5.13. The van der Waals surface area contributed by atoms with Crippen LogP contribution in [-0.2, 0) is 14.3 Å². The molecule has 160 valence electrons. The molecule has 0 saturated carbocycles. The fourth-order valence-electron chi connectivity index (χ4n) is 3.32. The summed E-state index contributed by atoms with van der Waals surface area (Å²) in [7, 11) is 1.64. The number of hydrogen-bond acceptors (Lipinski definition) is 4. The number of anilines is 1. The summed E-state index contributed by atoms with van der Waals surface area (Å²) in [6.07, 6.45) is 0.798. The maximum Gasteiger partial charge on any atom is 0.410 e. The minimum atomic E-state index is -0.535. The molecular formula is C22H33N3O4. The number of carbonyl (C=O) groups is 3. The predicted molar refractivity (Wildman–Crippen MR) is 113 cm³/mol. The molecule has 1 aromatic carbocycles. The van der Waals surface area contributed by atoms with Gasteiger partial charge in [-0.25, -0.2) is 4.79 Å². The van der Waals surface area contributed by atoms with E-state index in [9.17, 15) is 14.4 Å². The van der Waals surface area contributed by atoms with Crippen LogP contribution in [0.2, 0.25) is 0 Å². The van der Waals surface area contributed by atoms with Crippen molar-refractivity contribution in [2.24, 2.45) is 5.92 Å². The molecule has 0 aromatic heterocycles. The first-order chi connectivity index (χ1) is 13.5. The standard InChI is InChI=1S/C22H33N3O4/c1-15-8-7-9-18(16(15)2)23-19(26)14-24(6)20(27)17-10-12-25(13-11-17)21(28)29-22(3,4)5/h7-9,17H,10-14H2,1-6H3,(H,23,26). The summed E-state index contributed by atoms with van der Waals surface area (Å²) in [6, 6.07) is 5.74. The lowest BCUT2D eigenvalue weighted by Gasteiger charge is -2.34. The first kappa shape index (κ1) is 22.7. The average Bonchev–Trinajstić information content (AvgIpc) is 2.63. The van der Waals surface area contributed by atoms with Gasteiger partial charge >= 0.3 is 6.09 Å². The molecule has 3 amide bonds. The van der Waals surface area contributed by atoms with Crippen molar-refractivity contribution in [1.29, 1.82) is 0 Å². The number of rotatable bonds is 4. The Kier molecular flexibility index (Phi) is 7.27. The number of ether oxygens (including phenoxy) is 1. The molecule has 1 saturated heterocycles. The van der Waals surface area contributed by atoms with E-state index in [4.69, 9.17) is 4.74 Å². The molecule has 7 heteroatoms. The van der Waals surface area contributed by atoms with Gasteiger partial charge in [0.2, 0.25) is 11.8 Å². The van der Waals surface area contributed by atoms with E-state index >= 15 is 0 Å². The lowest BCUT2D eigenvalue weighted by atomic mass is 9.95. The fraction of sp³-hybridized carbons (Fsp3) is 0.591. The second-order valence-corrected chi connectivity index (χ2v) is 8.73. The van der Waals surface area contributed by atoms with Gasteiger partial charge in [-0.1, -0.05) is 12.1 Å². The number of carbonyl (C=O) groups excluding carboxylic acids is 3. The van der Waals surface area contributed by atoms with Crippen LogP contribution >= 0.6 is 0 Å². The van der Waals surface area contributed by atoms with Crippen molar-refractivity contribution in [3.8, 4) is 0 Å². The molecule has 1 heterocycles. The molecule has 7 nitrogen and oxygen atoms in total. The molecule has 0 spiro atoms. The summed E-state index contributed by atoms with van der Waals surface area (Å²) in [4.78, 5) is 40.4. The average molecular weight is 404 g/mol. The van der Waals surface area contributed by atoms with Crippen LogP contribution < -0.4 is 5.32 Å². The number of piperidine rings is 1. The number of aryl methyl sites for hydroxylation is 1. The van der Waals surface area contributed by atoms with Gasteiger partial charge < -0.3 is 19.9 Å². The Morgan fingerprint density at radius 1 is 1.17 bits per heavy atom. The van der Waals surface area contributed by atoms with Crippen LogP contribution in [-0.4, -0.2) is 60.0 Å². The van der Waals surface area contributed by atoms with Crippen molar-refractivity contribution in [1.82, 2.24) is 9.80 Å². The van der Waals surface area contributed by atoms with Gasteiger partial charge in [-0.15, -0.1) is 0 Å². The molecule has 29 heavy (non-hydrogen) atoms. The zero-order chi connectivity index (χ0) is 21.8. The Bertz CT molecular complexity index is 762. The van der Waals surface area contributed by atoms with E-state index in [2.05, 4.69) is 5.32 Å². The van der Waals surface area contributed by atoms with Crippen LogP contribution in [0, 0.1) is 19.8 Å². The molecule has 0 unspecified atom stereocenters. The van der Waals surface area contributed by atoms with E-state index in [0.29, 0.717) is 25.9 Å². The van der Waals surface area contributed by atoms with Gasteiger partial charge in [0, 0.05) is 31.7 Å². The Morgan fingerprint density at radius 3 is 2.38 bits per heavy atom. The molecule has 0 radical (unpaired) electrons. The largest absolute Gasteiger partial charge is 0.444 e. The monoisotopic (exact) mass is 403 g/mol. The quantitative estimate of drug-likeness (QED) is 0.836. The molecule has 1 fully saturated rings. The summed E-state index contributed by atoms with van der Waals surface area (Å²) >= 11 is 0. The molecule has 2 rings (SSSR count). The second-order valence-electron chi connectivity index (χ2n) is 8.73. The number of likely N-dealkylation sites (N-methyl/N-ethyl adjacent to an activating group) is 1. The lowest BCUT2D eigenvalue weighted by Crippen LogP contribution is -2.46. The number of hydrogen-bond donors (Lipinski definition) is 1. The van der Waals surface area contributed by atoms with Gasteiger partial charge in [0.1, 0.15) is 5.60 Å². The highest BCUT2D eigenvalue weighted by Crippen LogP contribution is 2.22. The van der Waals surface area contributed by atoms with Crippen LogP contribution in [0.15, 0.2) is 18.2 Å². The Morgan fingerprint density at radius 2 is 1.79 bits per heavy atom. The van der Waals surface area contributed by atoms with Gasteiger partial charge in [-0.2, -0.15) is 0 Å². The third kappa shape index (κ3) is 6.48. The van der Waals surface area contributed by atoms with E-state index in [1.54, 1.807) is 11.9 Å². The molecule has 1 N–H and O–H groups in total. The third-order valence-corrected chi connectivity index (χ3v) is 5.13. The van der Waals surface area contributed by atoms with Gasteiger partial charge in [-0.05, 0) is 64.7 Å². The Hall–Kier alpha value is -2.57. The SMILES string of the molecule is Cc1cccc(NC(=O)CN(C)C(=O)C2CCN(C(=O)OC(C)(C)C)CC2)c1C. The van der Waals surface area contributed by atoms with Crippen molar-refractivity contribution < 1.29 is 19.1 Å². The Balaban J connectivity index is 1.84. The van der Waals surface area contributed by atoms with Crippen LogP contribution in [0.5, 0.6) is 0 Å². The van der Waals surface area contributed by atoms with Crippen molar-refractivity contribution in [2.75, 3.05) is 32.0 Å². The molecule has 0 atom stereocenters. The smallest absolute Gasteiger partial charge is 0.410 e. The van der Waals surface area contributed by atoms with Gasteiger partial charge in [0.15, 0.2) is 0 Å². The van der Waals surface area contributed by atoms with Crippen LogP contribution in [0.1, 0.15) is 44.7 Å².